The largest absolute Gasteiger partial charge is 0.356 e. The normalized spacial score (nSPS) is 13.1. The van der Waals surface area contributed by atoms with Crippen LogP contribution >= 0.6 is 0 Å². The van der Waals surface area contributed by atoms with Gasteiger partial charge in [-0.2, -0.15) is 8.42 Å². The van der Waals surface area contributed by atoms with Gasteiger partial charge in [-0.1, -0.05) is 30.3 Å². The van der Waals surface area contributed by atoms with Crippen LogP contribution in [0.15, 0.2) is 30.3 Å². The van der Waals surface area contributed by atoms with Crippen molar-refractivity contribution in [2.45, 2.75) is 12.8 Å². The molecule has 5 nitrogen and oxygen atoms in total. The fourth-order valence-corrected chi connectivity index (χ4v) is 2.34. The predicted molar refractivity (Wildman–Crippen MR) is 64.3 cm³/mol. The van der Waals surface area contributed by atoms with Crippen molar-refractivity contribution >= 4 is 16.0 Å². The van der Waals surface area contributed by atoms with Gasteiger partial charge in [0.05, 0.1) is 5.75 Å². The summed E-state index contributed by atoms with van der Waals surface area (Å²) in [7, 11) is -4.07. The summed E-state index contributed by atoms with van der Waals surface area (Å²) in [5, 5.41) is 2.55. The molecule has 2 N–H and O–H groups in total. The maximum Gasteiger partial charge on any atom is 0.265 e. The van der Waals surface area contributed by atoms with E-state index in [1.807, 2.05) is 6.07 Å². The number of carbonyl (C=O) groups excluding carboxylic acids is 1. The lowest BCUT2D eigenvalue weighted by Crippen LogP contribution is -2.29. The van der Waals surface area contributed by atoms with Crippen LogP contribution in [0.4, 0.5) is 0 Å². The first-order valence-corrected chi connectivity index (χ1v) is 6.74. The lowest BCUT2D eigenvalue weighted by Gasteiger charge is -2.15. The van der Waals surface area contributed by atoms with E-state index in [0.717, 1.165) is 5.56 Å². The number of carbonyl (C=O) groups is 1. The molecule has 1 amide bonds. The highest BCUT2D eigenvalue weighted by Crippen LogP contribution is 2.16. The van der Waals surface area contributed by atoms with Crippen LogP contribution in [-0.2, 0) is 14.9 Å². The summed E-state index contributed by atoms with van der Waals surface area (Å²) in [6.45, 7) is 1.54. The molecule has 1 aromatic rings. The molecule has 0 fully saturated rings. The van der Waals surface area contributed by atoms with Gasteiger partial charge in [0.15, 0.2) is 0 Å². The Bertz CT molecular complexity index is 470. The molecular weight excluding hydrogens is 242 g/mol. The van der Waals surface area contributed by atoms with Gasteiger partial charge in [-0.3, -0.25) is 9.35 Å². The number of hydrogen-bond acceptors (Lipinski definition) is 3. The topological polar surface area (TPSA) is 83.5 Å². The number of benzene rings is 1. The molecule has 17 heavy (non-hydrogen) atoms. The number of nitrogens with one attached hydrogen (secondary N) is 1. The average Bonchev–Trinajstić information content (AvgIpc) is 2.24. The van der Waals surface area contributed by atoms with Gasteiger partial charge in [0, 0.05) is 19.4 Å². The summed E-state index contributed by atoms with van der Waals surface area (Å²) >= 11 is 0. The Labute approximate surface area is 101 Å². The first-order valence-electron chi connectivity index (χ1n) is 5.13. The van der Waals surface area contributed by atoms with Crippen LogP contribution in [0.5, 0.6) is 0 Å². The van der Waals surface area contributed by atoms with E-state index in [1.165, 1.54) is 6.92 Å². The fraction of sp³-hybridized carbons (Fsp3) is 0.364. The van der Waals surface area contributed by atoms with Crippen LogP contribution in [0.1, 0.15) is 18.4 Å². The fourth-order valence-electron chi connectivity index (χ4n) is 1.52. The van der Waals surface area contributed by atoms with Crippen LogP contribution in [0.25, 0.3) is 0 Å². The van der Waals surface area contributed by atoms with Crippen LogP contribution < -0.4 is 5.32 Å². The van der Waals surface area contributed by atoms with Crippen molar-refractivity contribution in [1.82, 2.24) is 5.32 Å². The van der Waals surface area contributed by atoms with E-state index in [2.05, 4.69) is 5.32 Å². The quantitative estimate of drug-likeness (QED) is 0.764. The molecule has 0 aliphatic carbocycles. The zero-order valence-corrected chi connectivity index (χ0v) is 10.3. The summed E-state index contributed by atoms with van der Waals surface area (Å²) in [6, 6.07) is 8.89. The summed E-state index contributed by atoms with van der Waals surface area (Å²) in [5.41, 5.74) is 0.763. The van der Waals surface area contributed by atoms with E-state index < -0.39 is 21.8 Å². The Morgan fingerprint density at radius 3 is 2.41 bits per heavy atom. The lowest BCUT2D eigenvalue weighted by molar-refractivity contribution is -0.119. The van der Waals surface area contributed by atoms with Gasteiger partial charge in [0.2, 0.25) is 5.91 Å². The van der Waals surface area contributed by atoms with Crippen LogP contribution in [0, 0.1) is 0 Å². The van der Waals surface area contributed by atoms with E-state index in [9.17, 15) is 13.2 Å². The first kappa shape index (κ1) is 13.7. The van der Waals surface area contributed by atoms with Gasteiger partial charge in [-0.25, -0.2) is 0 Å². The van der Waals surface area contributed by atoms with Crippen LogP contribution in [-0.4, -0.2) is 31.2 Å². The Balaban J connectivity index is 2.83. The molecule has 0 bridgehead atoms. The third kappa shape index (κ3) is 5.46. The minimum Gasteiger partial charge on any atom is -0.356 e. The molecule has 0 saturated heterocycles. The van der Waals surface area contributed by atoms with Gasteiger partial charge in [0.1, 0.15) is 0 Å². The second-order valence-corrected chi connectivity index (χ2v) is 5.29. The molecule has 94 valence electrons. The summed E-state index contributed by atoms with van der Waals surface area (Å²) in [6.07, 6.45) is 0. The molecule has 6 heteroatoms. The van der Waals surface area contributed by atoms with Gasteiger partial charge in [-0.15, -0.1) is 0 Å². The van der Waals surface area contributed by atoms with Gasteiger partial charge < -0.3 is 5.32 Å². The molecular formula is C11H15NO4S. The molecule has 0 aromatic heterocycles. The molecule has 1 rings (SSSR count). The molecule has 0 spiro atoms. The maximum atomic E-state index is 10.9. The molecule has 0 radical (unpaired) electrons. The standard InChI is InChI=1S/C11H15NO4S/c1-9(13)12-7-11(8-17(14,15)16)10-5-3-2-4-6-10/h2-6,11H,7-8H2,1H3,(H,12,13)(H,14,15,16). The van der Waals surface area contributed by atoms with Crippen molar-refractivity contribution in [1.29, 1.82) is 0 Å². The second kappa shape index (κ2) is 5.79. The van der Waals surface area contributed by atoms with Gasteiger partial charge >= 0.3 is 0 Å². The van der Waals surface area contributed by atoms with Crippen molar-refractivity contribution in [2.75, 3.05) is 12.3 Å². The van der Waals surface area contributed by atoms with Crippen molar-refractivity contribution in [3.8, 4) is 0 Å². The van der Waals surface area contributed by atoms with Crippen LogP contribution in [0.2, 0.25) is 0 Å². The number of amides is 1. The smallest absolute Gasteiger partial charge is 0.265 e. The van der Waals surface area contributed by atoms with E-state index in [1.54, 1.807) is 24.3 Å². The minimum atomic E-state index is -4.07. The van der Waals surface area contributed by atoms with Crippen molar-refractivity contribution in [2.24, 2.45) is 0 Å². The number of rotatable bonds is 5. The van der Waals surface area contributed by atoms with Gasteiger partial charge in [-0.05, 0) is 5.56 Å². The maximum absolute atomic E-state index is 10.9. The Morgan fingerprint density at radius 2 is 1.94 bits per heavy atom. The molecule has 0 heterocycles. The predicted octanol–water partition coefficient (Wildman–Crippen LogP) is 0.794. The molecule has 1 atom stereocenters. The van der Waals surface area contributed by atoms with E-state index in [4.69, 9.17) is 4.55 Å². The van der Waals surface area contributed by atoms with Crippen LogP contribution in [0.3, 0.4) is 0 Å². The van der Waals surface area contributed by atoms with Crippen molar-refractivity contribution < 1.29 is 17.8 Å². The highest BCUT2D eigenvalue weighted by molar-refractivity contribution is 7.85. The molecule has 1 unspecified atom stereocenters. The second-order valence-electron chi connectivity index (χ2n) is 3.79. The summed E-state index contributed by atoms with van der Waals surface area (Å²) in [4.78, 5) is 10.8. The average molecular weight is 257 g/mol. The zero-order chi connectivity index (χ0) is 12.9. The highest BCUT2D eigenvalue weighted by Gasteiger charge is 2.18. The molecule has 0 aliphatic heterocycles. The Hall–Kier alpha value is -1.40. The highest BCUT2D eigenvalue weighted by atomic mass is 32.2. The summed E-state index contributed by atoms with van der Waals surface area (Å²) in [5.74, 6) is -1.09. The third-order valence-electron chi connectivity index (χ3n) is 2.28. The van der Waals surface area contributed by atoms with E-state index in [-0.39, 0.29) is 12.5 Å². The van der Waals surface area contributed by atoms with Crippen molar-refractivity contribution in [3.63, 3.8) is 0 Å². The Morgan fingerprint density at radius 1 is 1.35 bits per heavy atom. The van der Waals surface area contributed by atoms with Crippen molar-refractivity contribution in [3.05, 3.63) is 35.9 Å². The zero-order valence-electron chi connectivity index (χ0n) is 9.46. The van der Waals surface area contributed by atoms with Gasteiger partial charge in [0.25, 0.3) is 10.1 Å². The SMILES string of the molecule is CC(=O)NCC(CS(=O)(=O)O)c1ccccc1. The molecule has 0 saturated carbocycles. The van der Waals surface area contributed by atoms with E-state index >= 15 is 0 Å². The van der Waals surface area contributed by atoms with E-state index in [0.29, 0.717) is 0 Å². The first-order chi connectivity index (χ1) is 7.88. The molecule has 1 aromatic carbocycles. The minimum absolute atomic E-state index is 0.180. The lowest BCUT2D eigenvalue weighted by atomic mass is 10.0. The number of hydrogen-bond donors (Lipinski definition) is 2. The molecule has 0 aliphatic rings. The monoisotopic (exact) mass is 257 g/mol. The third-order valence-corrected chi connectivity index (χ3v) is 3.10. The summed E-state index contributed by atoms with van der Waals surface area (Å²) < 4.78 is 30.7. The Kier molecular flexibility index (Phi) is 4.65.